The van der Waals surface area contributed by atoms with E-state index in [1.807, 2.05) is 5.10 Å². The van der Waals surface area contributed by atoms with E-state index in [0.29, 0.717) is 0 Å². The smallest absolute Gasteiger partial charge is 0.396 e. The van der Waals surface area contributed by atoms with Gasteiger partial charge in [0.1, 0.15) is 5.69 Å². The van der Waals surface area contributed by atoms with Crippen molar-refractivity contribution >= 4 is 5.69 Å². The van der Waals surface area contributed by atoms with Gasteiger partial charge in [0, 0.05) is 0 Å². The summed E-state index contributed by atoms with van der Waals surface area (Å²) in [7, 11) is 0. The van der Waals surface area contributed by atoms with Gasteiger partial charge in [0.15, 0.2) is 0 Å². The van der Waals surface area contributed by atoms with E-state index < -0.39 is 18.0 Å². The van der Waals surface area contributed by atoms with Crippen molar-refractivity contribution in [2.24, 2.45) is 0 Å². The van der Waals surface area contributed by atoms with Crippen LogP contribution in [-0.4, -0.2) is 16.4 Å². The van der Waals surface area contributed by atoms with Crippen molar-refractivity contribution in [3.63, 3.8) is 0 Å². The van der Waals surface area contributed by atoms with Crippen LogP contribution in [0.15, 0.2) is 6.20 Å². The van der Waals surface area contributed by atoms with Gasteiger partial charge in [0.2, 0.25) is 6.17 Å². The number of nitrogen functional groups attached to an aromatic ring is 1. The molecule has 3 N–H and O–H groups in total. The lowest BCUT2D eigenvalue weighted by atomic mass is 10.2. The van der Waals surface area contributed by atoms with Gasteiger partial charge >= 0.3 is 6.18 Å². The van der Waals surface area contributed by atoms with Crippen LogP contribution in [0.4, 0.5) is 23.2 Å². The van der Waals surface area contributed by atoms with E-state index in [4.69, 9.17) is 5.73 Å². The molecule has 0 saturated carbocycles. The number of alkyl halides is 4. The Labute approximate surface area is 64.6 Å². The Kier molecular flexibility index (Phi) is 1.95. The normalized spacial score (nSPS) is 14.7. The van der Waals surface area contributed by atoms with Crippen LogP contribution in [0.3, 0.4) is 0 Å². The summed E-state index contributed by atoms with van der Waals surface area (Å²) in [5.74, 6) is 0. The number of nitrogens with one attached hydrogen (secondary N) is 1. The lowest BCUT2D eigenvalue weighted by Crippen LogP contribution is -2.17. The van der Waals surface area contributed by atoms with Gasteiger partial charge in [-0.25, -0.2) is 4.39 Å². The number of aromatic nitrogens is 2. The monoisotopic (exact) mass is 183 g/mol. The summed E-state index contributed by atoms with van der Waals surface area (Å²) in [6.07, 6.45) is -7.12. The van der Waals surface area contributed by atoms with E-state index in [9.17, 15) is 17.6 Å². The van der Waals surface area contributed by atoms with Crippen LogP contribution in [0.5, 0.6) is 0 Å². The minimum atomic E-state index is -4.94. The highest BCUT2D eigenvalue weighted by atomic mass is 19.4. The van der Waals surface area contributed by atoms with Crippen LogP contribution >= 0.6 is 0 Å². The number of rotatable bonds is 1. The Morgan fingerprint density at radius 1 is 1.50 bits per heavy atom. The Morgan fingerprint density at radius 3 is 2.42 bits per heavy atom. The number of aromatic amines is 1. The van der Waals surface area contributed by atoms with E-state index in [1.165, 1.54) is 0 Å². The van der Waals surface area contributed by atoms with Crippen molar-refractivity contribution in [3.8, 4) is 0 Å². The first kappa shape index (κ1) is 8.82. The highest BCUT2D eigenvalue weighted by Gasteiger charge is 2.43. The Hall–Kier alpha value is -1.27. The van der Waals surface area contributed by atoms with Crippen LogP contribution in [-0.2, 0) is 0 Å². The molecule has 0 aliphatic rings. The molecule has 0 aromatic carbocycles. The Morgan fingerprint density at radius 2 is 2.08 bits per heavy atom. The van der Waals surface area contributed by atoms with E-state index in [1.54, 1.807) is 0 Å². The standard InChI is InChI=1S/C5H5F4N3/c6-4(5(7,8)9)3-2(10)1-11-12-3/h1,4H,10H2,(H,11,12). The maximum Gasteiger partial charge on any atom is 0.425 e. The third-order valence-electron chi connectivity index (χ3n) is 1.24. The molecular weight excluding hydrogens is 178 g/mol. The zero-order chi connectivity index (χ0) is 9.35. The van der Waals surface area contributed by atoms with E-state index in [0.717, 1.165) is 6.20 Å². The molecule has 7 heteroatoms. The number of anilines is 1. The van der Waals surface area contributed by atoms with Gasteiger partial charge in [0.05, 0.1) is 11.9 Å². The predicted octanol–water partition coefficient (Wildman–Crippen LogP) is 1.56. The first-order valence-corrected chi connectivity index (χ1v) is 2.92. The first-order chi connectivity index (χ1) is 5.43. The molecule has 0 amide bonds. The van der Waals surface area contributed by atoms with Gasteiger partial charge in [-0.3, -0.25) is 5.10 Å². The molecular formula is C5H5F4N3. The third kappa shape index (κ3) is 1.49. The maximum atomic E-state index is 12.5. The molecule has 1 atom stereocenters. The number of nitrogens with two attached hydrogens (primary N) is 1. The Bertz CT molecular complexity index is 266. The van der Waals surface area contributed by atoms with Crippen molar-refractivity contribution in [2.45, 2.75) is 12.3 Å². The molecule has 0 saturated heterocycles. The number of hydrogen-bond donors (Lipinski definition) is 2. The summed E-state index contributed by atoms with van der Waals surface area (Å²) in [6, 6.07) is 0. The average Bonchev–Trinajstić information content (AvgIpc) is 2.31. The van der Waals surface area contributed by atoms with Crippen LogP contribution in [0, 0.1) is 0 Å². The fraction of sp³-hybridized carbons (Fsp3) is 0.400. The SMILES string of the molecule is Nc1cn[nH]c1C(F)C(F)(F)F. The molecule has 0 radical (unpaired) electrons. The van der Waals surface area contributed by atoms with E-state index in [-0.39, 0.29) is 5.69 Å². The van der Waals surface area contributed by atoms with Gasteiger partial charge in [0.25, 0.3) is 0 Å². The van der Waals surface area contributed by atoms with Crippen molar-refractivity contribution in [1.29, 1.82) is 0 Å². The Balaban J connectivity index is 2.92. The van der Waals surface area contributed by atoms with Gasteiger partial charge in [-0.2, -0.15) is 18.3 Å². The molecule has 1 heterocycles. The van der Waals surface area contributed by atoms with Gasteiger partial charge in [-0.05, 0) is 0 Å². The van der Waals surface area contributed by atoms with Gasteiger partial charge in [-0.15, -0.1) is 0 Å². The second-order valence-electron chi connectivity index (χ2n) is 2.14. The third-order valence-corrected chi connectivity index (χ3v) is 1.24. The van der Waals surface area contributed by atoms with E-state index in [2.05, 4.69) is 5.10 Å². The number of halogens is 4. The summed E-state index contributed by atoms with van der Waals surface area (Å²) in [6.45, 7) is 0. The molecule has 0 fully saturated rings. The summed E-state index contributed by atoms with van der Waals surface area (Å²) in [4.78, 5) is 0. The lowest BCUT2D eigenvalue weighted by Gasteiger charge is -2.10. The molecule has 0 aliphatic heterocycles. The zero-order valence-electron chi connectivity index (χ0n) is 5.69. The largest absolute Gasteiger partial charge is 0.425 e. The summed E-state index contributed by atoms with van der Waals surface area (Å²) in [5, 5.41) is 5.01. The molecule has 1 aromatic heterocycles. The fourth-order valence-electron chi connectivity index (χ4n) is 0.672. The number of H-pyrrole nitrogens is 1. The molecule has 12 heavy (non-hydrogen) atoms. The molecule has 0 bridgehead atoms. The summed E-state index contributed by atoms with van der Waals surface area (Å²) in [5.41, 5.74) is 3.92. The topological polar surface area (TPSA) is 54.7 Å². The maximum absolute atomic E-state index is 12.5. The number of hydrogen-bond acceptors (Lipinski definition) is 2. The second-order valence-corrected chi connectivity index (χ2v) is 2.14. The van der Waals surface area contributed by atoms with Crippen LogP contribution in [0.1, 0.15) is 11.9 Å². The quantitative estimate of drug-likeness (QED) is 0.649. The average molecular weight is 183 g/mol. The second kappa shape index (κ2) is 2.65. The highest BCUT2D eigenvalue weighted by Crippen LogP contribution is 2.36. The van der Waals surface area contributed by atoms with Crippen molar-refractivity contribution in [3.05, 3.63) is 11.9 Å². The van der Waals surface area contributed by atoms with Crippen LogP contribution in [0.2, 0.25) is 0 Å². The number of nitrogens with zero attached hydrogens (tertiary/aromatic N) is 1. The highest BCUT2D eigenvalue weighted by molar-refractivity contribution is 5.41. The molecule has 1 rings (SSSR count). The minimum Gasteiger partial charge on any atom is -0.396 e. The molecule has 0 spiro atoms. The first-order valence-electron chi connectivity index (χ1n) is 2.92. The summed E-state index contributed by atoms with van der Waals surface area (Å²) < 4.78 is 47.6. The predicted molar refractivity (Wildman–Crippen MR) is 32.9 cm³/mol. The lowest BCUT2D eigenvalue weighted by molar-refractivity contribution is -0.183. The molecule has 1 unspecified atom stereocenters. The van der Waals surface area contributed by atoms with Gasteiger partial charge in [-0.1, -0.05) is 0 Å². The molecule has 1 aromatic rings. The minimum absolute atomic E-state index is 0.333. The van der Waals surface area contributed by atoms with Crippen molar-refractivity contribution < 1.29 is 17.6 Å². The molecule has 3 nitrogen and oxygen atoms in total. The molecule has 68 valence electrons. The van der Waals surface area contributed by atoms with Gasteiger partial charge < -0.3 is 5.73 Å². The zero-order valence-corrected chi connectivity index (χ0v) is 5.69. The van der Waals surface area contributed by atoms with Crippen molar-refractivity contribution in [1.82, 2.24) is 10.2 Å². The summed E-state index contributed by atoms with van der Waals surface area (Å²) >= 11 is 0. The molecule has 0 aliphatic carbocycles. The van der Waals surface area contributed by atoms with E-state index >= 15 is 0 Å². The fourth-order valence-corrected chi connectivity index (χ4v) is 0.672. The van der Waals surface area contributed by atoms with Crippen LogP contribution in [0.25, 0.3) is 0 Å². The van der Waals surface area contributed by atoms with Crippen LogP contribution < -0.4 is 5.73 Å². The van der Waals surface area contributed by atoms with Crippen molar-refractivity contribution in [2.75, 3.05) is 5.73 Å².